The lowest BCUT2D eigenvalue weighted by atomic mass is 10.1. The molecule has 3 rings (SSSR count). The highest BCUT2D eigenvalue weighted by Crippen LogP contribution is 2.62. The fourth-order valence-electron chi connectivity index (χ4n) is 2.73. The first-order valence-corrected chi connectivity index (χ1v) is 5.23. The van der Waals surface area contributed by atoms with Crippen molar-refractivity contribution in [3.63, 3.8) is 0 Å². The van der Waals surface area contributed by atoms with Gasteiger partial charge in [-0.2, -0.15) is 0 Å². The highest BCUT2D eigenvalue weighted by Gasteiger charge is 2.56. The summed E-state index contributed by atoms with van der Waals surface area (Å²) in [5.41, 5.74) is 0. The van der Waals surface area contributed by atoms with Crippen LogP contribution in [0.5, 0.6) is 0 Å². The third kappa shape index (κ3) is 1.26. The molecule has 2 unspecified atom stereocenters. The van der Waals surface area contributed by atoms with Crippen LogP contribution in [0.4, 0.5) is 0 Å². The molecular weight excluding hydrogens is 196 g/mol. The molecule has 0 aliphatic heterocycles. The highest BCUT2D eigenvalue weighted by molar-refractivity contribution is 5.83. The van der Waals surface area contributed by atoms with Gasteiger partial charge in [0.25, 0.3) is 0 Å². The van der Waals surface area contributed by atoms with Gasteiger partial charge in [-0.1, -0.05) is 6.42 Å². The number of carbonyl (C=O) groups is 1. The van der Waals surface area contributed by atoms with Crippen molar-refractivity contribution in [2.75, 3.05) is 7.11 Å². The van der Waals surface area contributed by atoms with Gasteiger partial charge in [0.2, 0.25) is 5.89 Å². The van der Waals surface area contributed by atoms with Crippen molar-refractivity contribution in [1.82, 2.24) is 10.2 Å². The average molecular weight is 208 g/mol. The maximum Gasteiger partial charge on any atom is 0.396 e. The summed E-state index contributed by atoms with van der Waals surface area (Å²) in [6.45, 7) is 0. The third-order valence-electron chi connectivity index (χ3n) is 3.49. The lowest BCUT2D eigenvalue weighted by Gasteiger charge is -1.95. The molecule has 0 bridgehead atoms. The monoisotopic (exact) mass is 208 g/mol. The number of rotatable bonds is 2. The summed E-state index contributed by atoms with van der Waals surface area (Å²) in [7, 11) is 1.30. The Balaban J connectivity index is 1.77. The lowest BCUT2D eigenvalue weighted by molar-refractivity contribution is 0.0553. The van der Waals surface area contributed by atoms with E-state index in [1.54, 1.807) is 0 Å². The van der Waals surface area contributed by atoms with Crippen molar-refractivity contribution in [2.24, 2.45) is 11.8 Å². The molecule has 2 atom stereocenters. The molecule has 0 saturated heterocycles. The van der Waals surface area contributed by atoms with Crippen molar-refractivity contribution in [1.29, 1.82) is 0 Å². The molecule has 2 fully saturated rings. The molecule has 5 nitrogen and oxygen atoms in total. The molecule has 1 aromatic heterocycles. The van der Waals surface area contributed by atoms with Gasteiger partial charge in [-0.15, -0.1) is 10.2 Å². The number of ether oxygens (including phenoxy) is 1. The zero-order chi connectivity index (χ0) is 10.4. The molecule has 5 heteroatoms. The fourth-order valence-corrected chi connectivity index (χ4v) is 2.73. The van der Waals surface area contributed by atoms with Crippen LogP contribution in [0.25, 0.3) is 0 Å². The minimum atomic E-state index is -0.556. The van der Waals surface area contributed by atoms with Crippen LogP contribution in [-0.4, -0.2) is 23.3 Å². The van der Waals surface area contributed by atoms with E-state index in [0.717, 1.165) is 11.8 Å². The van der Waals surface area contributed by atoms with Gasteiger partial charge in [0.05, 0.1) is 7.11 Å². The number of methoxy groups -OCH3 is 1. The second-order valence-electron chi connectivity index (χ2n) is 4.22. The lowest BCUT2D eigenvalue weighted by Crippen LogP contribution is -2.00. The normalized spacial score (nSPS) is 32.5. The van der Waals surface area contributed by atoms with E-state index in [0.29, 0.717) is 11.8 Å². The predicted molar refractivity (Wildman–Crippen MR) is 49.2 cm³/mol. The number of fused-ring (bicyclic) bond motifs is 1. The van der Waals surface area contributed by atoms with Crippen molar-refractivity contribution in [2.45, 2.75) is 25.2 Å². The van der Waals surface area contributed by atoms with Gasteiger partial charge in [0, 0.05) is 5.92 Å². The summed E-state index contributed by atoms with van der Waals surface area (Å²) in [6, 6.07) is 0. The molecule has 0 N–H and O–H groups in total. The fraction of sp³-hybridized carbons (Fsp3) is 0.700. The van der Waals surface area contributed by atoms with Crippen molar-refractivity contribution in [3.05, 3.63) is 11.8 Å². The van der Waals surface area contributed by atoms with Crippen molar-refractivity contribution >= 4 is 5.97 Å². The second kappa shape index (κ2) is 3.05. The summed E-state index contributed by atoms with van der Waals surface area (Å²) in [4.78, 5) is 11.1. The van der Waals surface area contributed by atoms with Gasteiger partial charge in [-0.05, 0) is 24.7 Å². The largest absolute Gasteiger partial charge is 0.462 e. The average Bonchev–Trinajstić information content (AvgIpc) is 2.74. The Hall–Kier alpha value is -1.39. The Labute approximate surface area is 86.8 Å². The van der Waals surface area contributed by atoms with Gasteiger partial charge in [-0.3, -0.25) is 0 Å². The van der Waals surface area contributed by atoms with Crippen LogP contribution in [0.2, 0.25) is 0 Å². The number of hydrogen-bond acceptors (Lipinski definition) is 5. The quantitative estimate of drug-likeness (QED) is 0.687. The van der Waals surface area contributed by atoms with Crippen LogP contribution in [0.15, 0.2) is 4.42 Å². The molecule has 2 aliphatic rings. The van der Waals surface area contributed by atoms with E-state index < -0.39 is 5.97 Å². The zero-order valence-electron chi connectivity index (χ0n) is 8.47. The van der Waals surface area contributed by atoms with Gasteiger partial charge >= 0.3 is 11.9 Å². The van der Waals surface area contributed by atoms with Gasteiger partial charge < -0.3 is 9.15 Å². The number of carbonyl (C=O) groups excluding carboxylic acids is 1. The summed E-state index contributed by atoms with van der Waals surface area (Å²) < 4.78 is 9.81. The zero-order valence-corrected chi connectivity index (χ0v) is 8.47. The Bertz CT molecular complexity index is 391. The van der Waals surface area contributed by atoms with Crippen LogP contribution in [0.3, 0.4) is 0 Å². The number of hydrogen-bond donors (Lipinski definition) is 0. The molecular formula is C10H12N2O3. The molecule has 0 amide bonds. The Morgan fingerprint density at radius 1 is 1.40 bits per heavy atom. The molecule has 0 radical (unpaired) electrons. The Morgan fingerprint density at radius 2 is 2.13 bits per heavy atom. The van der Waals surface area contributed by atoms with E-state index in [4.69, 9.17) is 4.42 Å². The van der Waals surface area contributed by atoms with E-state index in [1.165, 1.54) is 26.4 Å². The minimum absolute atomic E-state index is 0.0301. The molecule has 0 spiro atoms. The molecule has 80 valence electrons. The Kier molecular flexibility index (Phi) is 1.81. The maximum atomic E-state index is 11.1. The number of aromatic nitrogens is 2. The minimum Gasteiger partial charge on any atom is -0.462 e. The van der Waals surface area contributed by atoms with Crippen molar-refractivity contribution in [3.8, 4) is 0 Å². The Morgan fingerprint density at radius 3 is 2.80 bits per heavy atom. The van der Waals surface area contributed by atoms with Gasteiger partial charge in [0.1, 0.15) is 0 Å². The smallest absolute Gasteiger partial charge is 0.396 e. The number of nitrogens with zero attached hydrogens (tertiary/aromatic N) is 2. The molecule has 15 heavy (non-hydrogen) atoms. The van der Waals surface area contributed by atoms with E-state index in [-0.39, 0.29) is 5.89 Å². The third-order valence-corrected chi connectivity index (χ3v) is 3.49. The van der Waals surface area contributed by atoms with Crippen LogP contribution in [0, 0.1) is 11.8 Å². The SMILES string of the molecule is COC(=O)c1nnc(C2C3CCCC32)o1. The summed E-state index contributed by atoms with van der Waals surface area (Å²) >= 11 is 0. The topological polar surface area (TPSA) is 65.2 Å². The van der Waals surface area contributed by atoms with Crippen LogP contribution >= 0.6 is 0 Å². The van der Waals surface area contributed by atoms with Crippen molar-refractivity contribution < 1.29 is 13.9 Å². The van der Waals surface area contributed by atoms with Crippen LogP contribution < -0.4 is 0 Å². The molecule has 2 aliphatic carbocycles. The van der Waals surface area contributed by atoms with Gasteiger partial charge in [0.15, 0.2) is 0 Å². The molecule has 1 aromatic rings. The van der Waals surface area contributed by atoms with E-state index in [1.807, 2.05) is 0 Å². The van der Waals surface area contributed by atoms with E-state index in [9.17, 15) is 4.79 Å². The predicted octanol–water partition coefficient (Wildman–Crippen LogP) is 1.37. The van der Waals surface area contributed by atoms with Crippen LogP contribution in [-0.2, 0) is 4.74 Å². The molecule has 0 aromatic carbocycles. The van der Waals surface area contributed by atoms with E-state index in [2.05, 4.69) is 14.9 Å². The highest BCUT2D eigenvalue weighted by atomic mass is 16.5. The molecule has 1 heterocycles. The first-order chi connectivity index (χ1) is 7.31. The standard InChI is InChI=1S/C10H12N2O3/c1-14-10(13)9-12-11-8(15-9)7-5-3-2-4-6(5)7/h5-7H,2-4H2,1H3. The number of esters is 1. The second-order valence-corrected chi connectivity index (χ2v) is 4.22. The van der Waals surface area contributed by atoms with Gasteiger partial charge in [-0.25, -0.2) is 4.79 Å². The van der Waals surface area contributed by atoms with Crippen LogP contribution in [0.1, 0.15) is 41.8 Å². The first-order valence-electron chi connectivity index (χ1n) is 5.23. The maximum absolute atomic E-state index is 11.1. The van der Waals surface area contributed by atoms with E-state index >= 15 is 0 Å². The summed E-state index contributed by atoms with van der Waals surface area (Å²) in [5, 5.41) is 7.60. The molecule has 2 saturated carbocycles. The summed E-state index contributed by atoms with van der Waals surface area (Å²) in [5.74, 6) is 1.87. The first kappa shape index (κ1) is 8.88. The summed E-state index contributed by atoms with van der Waals surface area (Å²) in [6.07, 6.45) is 3.82.